The van der Waals surface area contributed by atoms with Gasteiger partial charge in [0, 0.05) is 6.04 Å². The van der Waals surface area contributed by atoms with E-state index in [0.29, 0.717) is 6.61 Å². The summed E-state index contributed by atoms with van der Waals surface area (Å²) in [5.41, 5.74) is 0. The monoisotopic (exact) mass is 271 g/mol. The first kappa shape index (κ1) is 17.9. The molecule has 4 heteroatoms. The molecule has 112 valence electrons. The number of ether oxygens (including phenoxy) is 1. The predicted octanol–water partition coefficient (Wildman–Crippen LogP) is 3.19. The van der Waals surface area contributed by atoms with Crippen LogP contribution in [0.5, 0.6) is 0 Å². The lowest BCUT2D eigenvalue weighted by molar-refractivity contribution is -0.155. The van der Waals surface area contributed by atoms with Crippen LogP contribution < -0.4 is 5.32 Å². The van der Waals surface area contributed by atoms with Gasteiger partial charge in [0.15, 0.2) is 0 Å². The van der Waals surface area contributed by atoms with Crippen molar-refractivity contribution in [1.29, 1.82) is 0 Å². The quantitative estimate of drug-likeness (QED) is 0.377. The largest absolute Gasteiger partial charge is 0.459 e. The van der Waals surface area contributed by atoms with Crippen molar-refractivity contribution in [3.8, 4) is 0 Å². The van der Waals surface area contributed by atoms with Crippen molar-refractivity contribution in [2.45, 2.75) is 78.2 Å². The minimum atomic E-state index is -0.753. The van der Waals surface area contributed by atoms with Crippen molar-refractivity contribution in [2.75, 3.05) is 6.61 Å². The molecule has 0 aliphatic rings. The van der Waals surface area contributed by atoms with Crippen LogP contribution in [0.2, 0.25) is 0 Å². The molecule has 1 amide bonds. The Morgan fingerprint density at radius 2 is 1.63 bits per heavy atom. The van der Waals surface area contributed by atoms with E-state index in [1.165, 1.54) is 19.3 Å². The smallest absolute Gasteiger partial charge is 0.396 e. The number of hydrogen-bond donors (Lipinski definition) is 1. The Kier molecular flexibility index (Phi) is 11.3. The fourth-order valence-corrected chi connectivity index (χ4v) is 1.81. The zero-order valence-electron chi connectivity index (χ0n) is 12.7. The van der Waals surface area contributed by atoms with Crippen LogP contribution >= 0.6 is 0 Å². The van der Waals surface area contributed by atoms with Gasteiger partial charge in [0.1, 0.15) is 0 Å². The molecule has 1 atom stereocenters. The van der Waals surface area contributed by atoms with E-state index >= 15 is 0 Å². The topological polar surface area (TPSA) is 55.4 Å². The second-order valence-corrected chi connectivity index (χ2v) is 5.07. The molecule has 4 nitrogen and oxygen atoms in total. The Balaban J connectivity index is 3.66. The molecule has 0 aliphatic heterocycles. The van der Waals surface area contributed by atoms with Gasteiger partial charge in [-0.15, -0.1) is 0 Å². The van der Waals surface area contributed by atoms with Crippen LogP contribution in [0.4, 0.5) is 0 Å². The van der Waals surface area contributed by atoms with E-state index in [9.17, 15) is 9.59 Å². The number of carbonyl (C=O) groups excluding carboxylic acids is 2. The summed E-state index contributed by atoms with van der Waals surface area (Å²) in [6, 6.07) is 0.0348. The van der Waals surface area contributed by atoms with Gasteiger partial charge in [-0.05, 0) is 19.8 Å². The summed E-state index contributed by atoms with van der Waals surface area (Å²) >= 11 is 0. The van der Waals surface area contributed by atoms with Crippen LogP contribution in [0, 0.1) is 0 Å². The van der Waals surface area contributed by atoms with Gasteiger partial charge < -0.3 is 10.1 Å². The molecule has 19 heavy (non-hydrogen) atoms. The van der Waals surface area contributed by atoms with Crippen molar-refractivity contribution >= 4 is 11.9 Å². The van der Waals surface area contributed by atoms with Gasteiger partial charge >= 0.3 is 11.9 Å². The summed E-state index contributed by atoms with van der Waals surface area (Å²) in [5, 5.41) is 2.68. The fraction of sp³-hybridized carbons (Fsp3) is 0.867. The average molecular weight is 271 g/mol. The number of nitrogens with one attached hydrogen (secondary N) is 1. The Bertz CT molecular complexity index is 254. The van der Waals surface area contributed by atoms with Gasteiger partial charge in [-0.2, -0.15) is 0 Å². The molecular weight excluding hydrogens is 242 g/mol. The molecule has 0 aromatic carbocycles. The predicted molar refractivity (Wildman–Crippen MR) is 76.8 cm³/mol. The van der Waals surface area contributed by atoms with Crippen LogP contribution in [-0.2, 0) is 14.3 Å². The number of esters is 1. The summed E-state index contributed by atoms with van der Waals surface area (Å²) < 4.78 is 4.90. The minimum Gasteiger partial charge on any atom is -0.459 e. The van der Waals surface area contributed by atoms with Gasteiger partial charge in [0.2, 0.25) is 0 Å². The van der Waals surface area contributed by atoms with Crippen molar-refractivity contribution in [3.05, 3.63) is 0 Å². The second-order valence-electron chi connectivity index (χ2n) is 5.07. The highest BCUT2D eigenvalue weighted by atomic mass is 16.5. The van der Waals surface area contributed by atoms with Crippen molar-refractivity contribution in [2.24, 2.45) is 0 Å². The van der Waals surface area contributed by atoms with Gasteiger partial charge in [0.25, 0.3) is 0 Å². The standard InChI is InChI=1S/C15H29NO3/c1-4-6-8-9-11-13(3)16-14(17)15(18)19-12-10-7-5-2/h13H,4-12H2,1-3H3,(H,16,17). The van der Waals surface area contributed by atoms with Crippen molar-refractivity contribution in [1.82, 2.24) is 5.32 Å². The minimum absolute atomic E-state index is 0.0348. The molecule has 0 aromatic heterocycles. The summed E-state index contributed by atoms with van der Waals surface area (Å²) in [6.07, 6.45) is 8.50. The van der Waals surface area contributed by atoms with Gasteiger partial charge in [-0.1, -0.05) is 52.4 Å². The summed E-state index contributed by atoms with van der Waals surface area (Å²) in [7, 11) is 0. The highest BCUT2D eigenvalue weighted by molar-refractivity contribution is 6.32. The van der Waals surface area contributed by atoms with Gasteiger partial charge in [0.05, 0.1) is 6.61 Å². The van der Waals surface area contributed by atoms with Crippen LogP contribution in [0.25, 0.3) is 0 Å². The molecule has 1 N–H and O–H groups in total. The molecule has 0 spiro atoms. The molecule has 0 heterocycles. The molecule has 0 aliphatic carbocycles. The van der Waals surface area contributed by atoms with Gasteiger partial charge in [-0.3, -0.25) is 4.79 Å². The van der Waals surface area contributed by atoms with E-state index < -0.39 is 11.9 Å². The SMILES string of the molecule is CCCCCCC(C)NC(=O)C(=O)OCCCCC. The third-order valence-electron chi connectivity index (χ3n) is 3.03. The first-order chi connectivity index (χ1) is 9.11. The summed E-state index contributed by atoms with van der Waals surface area (Å²) in [4.78, 5) is 22.9. The van der Waals surface area contributed by atoms with Gasteiger partial charge in [-0.25, -0.2) is 4.79 Å². The zero-order chi connectivity index (χ0) is 14.5. The molecule has 0 fully saturated rings. The van der Waals surface area contributed by atoms with Crippen LogP contribution in [0.3, 0.4) is 0 Å². The van der Waals surface area contributed by atoms with E-state index in [-0.39, 0.29) is 6.04 Å². The van der Waals surface area contributed by atoms with E-state index in [1.807, 2.05) is 6.92 Å². The van der Waals surface area contributed by atoms with Crippen LogP contribution in [0.15, 0.2) is 0 Å². The average Bonchev–Trinajstić information content (AvgIpc) is 2.39. The zero-order valence-corrected chi connectivity index (χ0v) is 12.7. The van der Waals surface area contributed by atoms with E-state index in [2.05, 4.69) is 19.2 Å². The maximum atomic E-state index is 11.5. The number of amides is 1. The Hall–Kier alpha value is -1.06. The first-order valence-electron chi connectivity index (χ1n) is 7.59. The van der Waals surface area contributed by atoms with Crippen molar-refractivity contribution in [3.63, 3.8) is 0 Å². The third-order valence-corrected chi connectivity index (χ3v) is 3.03. The summed E-state index contributed by atoms with van der Waals surface area (Å²) in [6.45, 7) is 6.51. The molecule has 0 bridgehead atoms. The lowest BCUT2D eigenvalue weighted by Crippen LogP contribution is -2.38. The second kappa shape index (κ2) is 12.0. The number of rotatable bonds is 10. The lowest BCUT2D eigenvalue weighted by atomic mass is 10.1. The third kappa shape index (κ3) is 10.5. The maximum Gasteiger partial charge on any atom is 0.396 e. The maximum absolute atomic E-state index is 11.5. The lowest BCUT2D eigenvalue weighted by Gasteiger charge is -2.13. The van der Waals surface area contributed by atoms with E-state index in [4.69, 9.17) is 4.74 Å². The molecule has 1 unspecified atom stereocenters. The first-order valence-corrected chi connectivity index (χ1v) is 7.59. The van der Waals surface area contributed by atoms with Crippen LogP contribution in [-0.4, -0.2) is 24.5 Å². The molecule has 0 aromatic rings. The van der Waals surface area contributed by atoms with Crippen molar-refractivity contribution < 1.29 is 14.3 Å². The Labute approximate surface area is 117 Å². The number of carbonyl (C=O) groups is 2. The number of unbranched alkanes of at least 4 members (excludes halogenated alkanes) is 5. The molecular formula is C15H29NO3. The summed E-state index contributed by atoms with van der Waals surface area (Å²) in [5.74, 6) is -1.36. The number of hydrogen-bond acceptors (Lipinski definition) is 3. The van der Waals surface area contributed by atoms with Crippen LogP contribution in [0.1, 0.15) is 72.1 Å². The molecule has 0 radical (unpaired) electrons. The normalized spacial score (nSPS) is 11.9. The molecule has 0 saturated heterocycles. The highest BCUT2D eigenvalue weighted by Crippen LogP contribution is 2.05. The Morgan fingerprint density at radius 3 is 2.26 bits per heavy atom. The van der Waals surface area contributed by atoms with E-state index in [1.54, 1.807) is 0 Å². The van der Waals surface area contributed by atoms with E-state index in [0.717, 1.165) is 32.1 Å². The highest BCUT2D eigenvalue weighted by Gasteiger charge is 2.17. The molecule has 0 rings (SSSR count). The molecule has 0 saturated carbocycles. The Morgan fingerprint density at radius 1 is 1.00 bits per heavy atom. The fourth-order valence-electron chi connectivity index (χ4n) is 1.81.